The SMILES string of the molecule is O=[N+]([O-])c1ccc2c(c1)nc(SCc1ccccc1)n2-c1ccccc1. The number of nitrogens with zero attached hydrogens (tertiary/aromatic N) is 3. The number of benzene rings is 3. The number of fused-ring (bicyclic) bond motifs is 1. The third-order valence-corrected chi connectivity index (χ3v) is 5.05. The number of non-ortho nitro benzene ring substituents is 1. The number of nitro benzene ring substituents is 1. The molecule has 0 spiro atoms. The van der Waals surface area contributed by atoms with E-state index in [0.29, 0.717) is 5.52 Å². The second-order valence-electron chi connectivity index (χ2n) is 5.77. The molecule has 0 amide bonds. The Bertz CT molecular complexity index is 1060. The predicted octanol–water partition coefficient (Wildman–Crippen LogP) is 5.23. The first-order chi connectivity index (χ1) is 12.7. The number of hydrogen-bond donors (Lipinski definition) is 0. The monoisotopic (exact) mass is 361 g/mol. The first-order valence-corrected chi connectivity index (χ1v) is 9.10. The maximum Gasteiger partial charge on any atom is 0.271 e. The Morgan fingerprint density at radius 3 is 2.35 bits per heavy atom. The highest BCUT2D eigenvalue weighted by atomic mass is 32.2. The Hall–Kier alpha value is -3.12. The molecule has 1 aromatic heterocycles. The van der Waals surface area contributed by atoms with Gasteiger partial charge in [0, 0.05) is 23.6 Å². The second-order valence-corrected chi connectivity index (χ2v) is 6.71. The maximum atomic E-state index is 11.1. The van der Waals surface area contributed by atoms with E-state index in [4.69, 9.17) is 0 Å². The Kier molecular flexibility index (Phi) is 4.41. The highest BCUT2D eigenvalue weighted by molar-refractivity contribution is 7.98. The number of imidazole rings is 1. The fourth-order valence-corrected chi connectivity index (χ4v) is 3.79. The minimum Gasteiger partial charge on any atom is -0.287 e. The van der Waals surface area contributed by atoms with Gasteiger partial charge in [-0.15, -0.1) is 0 Å². The summed E-state index contributed by atoms with van der Waals surface area (Å²) in [4.78, 5) is 15.4. The minimum atomic E-state index is -0.391. The summed E-state index contributed by atoms with van der Waals surface area (Å²) in [5, 5.41) is 11.9. The van der Waals surface area contributed by atoms with Crippen molar-refractivity contribution in [2.24, 2.45) is 0 Å². The summed E-state index contributed by atoms with van der Waals surface area (Å²) < 4.78 is 2.05. The normalized spacial score (nSPS) is 10.9. The van der Waals surface area contributed by atoms with E-state index >= 15 is 0 Å². The molecule has 0 aliphatic rings. The lowest BCUT2D eigenvalue weighted by atomic mass is 10.2. The second kappa shape index (κ2) is 7.01. The molecule has 1 heterocycles. The van der Waals surface area contributed by atoms with Crippen LogP contribution in [0.2, 0.25) is 0 Å². The van der Waals surface area contributed by atoms with Gasteiger partial charge in [0.05, 0.1) is 16.0 Å². The van der Waals surface area contributed by atoms with E-state index < -0.39 is 4.92 Å². The average molecular weight is 361 g/mol. The van der Waals surface area contributed by atoms with Gasteiger partial charge in [0.25, 0.3) is 5.69 Å². The molecule has 26 heavy (non-hydrogen) atoms. The topological polar surface area (TPSA) is 61.0 Å². The van der Waals surface area contributed by atoms with Gasteiger partial charge in [0.1, 0.15) is 0 Å². The van der Waals surface area contributed by atoms with Crippen molar-refractivity contribution in [3.8, 4) is 5.69 Å². The van der Waals surface area contributed by atoms with Crippen LogP contribution in [0.25, 0.3) is 16.7 Å². The molecule has 128 valence electrons. The van der Waals surface area contributed by atoms with Gasteiger partial charge < -0.3 is 0 Å². The molecule has 4 aromatic rings. The molecule has 4 rings (SSSR count). The molecular weight excluding hydrogens is 346 g/mol. The lowest BCUT2D eigenvalue weighted by molar-refractivity contribution is -0.384. The van der Waals surface area contributed by atoms with Gasteiger partial charge in [0.2, 0.25) is 0 Å². The summed E-state index contributed by atoms with van der Waals surface area (Å²) >= 11 is 1.62. The van der Waals surface area contributed by atoms with Gasteiger partial charge in [-0.05, 0) is 23.8 Å². The highest BCUT2D eigenvalue weighted by Gasteiger charge is 2.16. The van der Waals surface area contributed by atoms with Crippen molar-refractivity contribution in [1.82, 2.24) is 9.55 Å². The molecule has 5 nitrogen and oxygen atoms in total. The van der Waals surface area contributed by atoms with Crippen LogP contribution < -0.4 is 0 Å². The number of nitro groups is 1. The molecule has 0 radical (unpaired) electrons. The lowest BCUT2D eigenvalue weighted by Gasteiger charge is -2.09. The summed E-state index contributed by atoms with van der Waals surface area (Å²) in [6.45, 7) is 0. The van der Waals surface area contributed by atoms with Gasteiger partial charge in [0.15, 0.2) is 5.16 Å². The molecule has 0 aliphatic carbocycles. The number of rotatable bonds is 5. The number of hydrogen-bond acceptors (Lipinski definition) is 4. The molecular formula is C20H15N3O2S. The number of aromatic nitrogens is 2. The quantitative estimate of drug-likeness (QED) is 0.277. The molecule has 6 heteroatoms. The van der Waals surface area contributed by atoms with Crippen LogP contribution in [0.1, 0.15) is 5.56 Å². The van der Waals surface area contributed by atoms with E-state index in [1.807, 2.05) is 53.1 Å². The zero-order chi connectivity index (χ0) is 17.9. The highest BCUT2D eigenvalue weighted by Crippen LogP contribution is 2.31. The fourth-order valence-electron chi connectivity index (χ4n) is 2.81. The van der Waals surface area contributed by atoms with Crippen molar-refractivity contribution in [3.05, 3.63) is 94.5 Å². The number of thioether (sulfide) groups is 1. The molecule has 0 saturated heterocycles. The molecule has 0 aliphatic heterocycles. The van der Waals surface area contributed by atoms with E-state index in [0.717, 1.165) is 22.1 Å². The summed E-state index contributed by atoms with van der Waals surface area (Å²) in [5.74, 6) is 0.777. The average Bonchev–Trinajstić information content (AvgIpc) is 3.05. The van der Waals surface area contributed by atoms with Gasteiger partial charge in [-0.25, -0.2) is 4.98 Å². The molecule has 0 bridgehead atoms. The lowest BCUT2D eigenvalue weighted by Crippen LogP contribution is -1.96. The van der Waals surface area contributed by atoms with Gasteiger partial charge >= 0.3 is 0 Å². The maximum absolute atomic E-state index is 11.1. The van der Waals surface area contributed by atoms with E-state index in [9.17, 15) is 10.1 Å². The Morgan fingerprint density at radius 1 is 0.962 bits per heavy atom. The van der Waals surface area contributed by atoms with E-state index in [2.05, 4.69) is 17.1 Å². The van der Waals surface area contributed by atoms with Crippen molar-refractivity contribution >= 4 is 28.5 Å². The van der Waals surface area contributed by atoms with Crippen LogP contribution in [0.3, 0.4) is 0 Å². The van der Waals surface area contributed by atoms with Crippen LogP contribution >= 0.6 is 11.8 Å². The van der Waals surface area contributed by atoms with E-state index in [1.54, 1.807) is 17.8 Å². The standard InChI is InChI=1S/C20H15N3O2S/c24-23(25)17-11-12-19-18(13-17)21-20(22(19)16-9-5-2-6-10-16)26-14-15-7-3-1-4-8-15/h1-13H,14H2. The van der Waals surface area contributed by atoms with E-state index in [1.165, 1.54) is 17.7 Å². The molecule has 0 N–H and O–H groups in total. The first kappa shape index (κ1) is 16.4. The first-order valence-electron chi connectivity index (χ1n) is 8.11. The van der Waals surface area contributed by atoms with Crippen molar-refractivity contribution in [2.75, 3.05) is 0 Å². The summed E-state index contributed by atoms with van der Waals surface area (Å²) in [6.07, 6.45) is 0. The van der Waals surface area contributed by atoms with Crippen LogP contribution in [0.15, 0.2) is 84.0 Å². The third kappa shape index (κ3) is 3.19. The van der Waals surface area contributed by atoms with E-state index in [-0.39, 0.29) is 5.69 Å². The summed E-state index contributed by atoms with van der Waals surface area (Å²) in [5.41, 5.74) is 3.72. The number of para-hydroxylation sites is 1. The van der Waals surface area contributed by atoms with Crippen molar-refractivity contribution in [1.29, 1.82) is 0 Å². The third-order valence-electron chi connectivity index (χ3n) is 4.04. The van der Waals surface area contributed by atoms with Crippen LogP contribution in [0, 0.1) is 10.1 Å². The minimum absolute atomic E-state index is 0.0508. The van der Waals surface area contributed by atoms with Crippen molar-refractivity contribution < 1.29 is 4.92 Å². The van der Waals surface area contributed by atoms with Crippen LogP contribution in [0.5, 0.6) is 0 Å². The van der Waals surface area contributed by atoms with Crippen LogP contribution in [-0.2, 0) is 5.75 Å². The van der Waals surface area contributed by atoms with Crippen LogP contribution in [0.4, 0.5) is 5.69 Å². The Balaban J connectivity index is 1.80. The molecule has 3 aromatic carbocycles. The smallest absolute Gasteiger partial charge is 0.271 e. The van der Waals surface area contributed by atoms with Crippen LogP contribution in [-0.4, -0.2) is 14.5 Å². The zero-order valence-electron chi connectivity index (χ0n) is 13.8. The fraction of sp³-hybridized carbons (Fsp3) is 0.0500. The summed E-state index contributed by atoms with van der Waals surface area (Å²) in [6, 6.07) is 24.9. The van der Waals surface area contributed by atoms with Gasteiger partial charge in [-0.3, -0.25) is 14.7 Å². The molecule has 0 fully saturated rings. The summed E-state index contributed by atoms with van der Waals surface area (Å²) in [7, 11) is 0. The predicted molar refractivity (Wildman–Crippen MR) is 104 cm³/mol. The van der Waals surface area contributed by atoms with Gasteiger partial charge in [-0.2, -0.15) is 0 Å². The van der Waals surface area contributed by atoms with Gasteiger partial charge in [-0.1, -0.05) is 60.3 Å². The Labute approximate surface area is 154 Å². The van der Waals surface area contributed by atoms with Crippen molar-refractivity contribution in [2.45, 2.75) is 10.9 Å². The molecule has 0 unspecified atom stereocenters. The largest absolute Gasteiger partial charge is 0.287 e. The molecule has 0 saturated carbocycles. The molecule has 0 atom stereocenters. The van der Waals surface area contributed by atoms with Crippen molar-refractivity contribution in [3.63, 3.8) is 0 Å². The Morgan fingerprint density at radius 2 is 1.65 bits per heavy atom. The zero-order valence-corrected chi connectivity index (χ0v) is 14.6.